The summed E-state index contributed by atoms with van der Waals surface area (Å²) in [6, 6.07) is 13.0. The maximum absolute atomic E-state index is 13.7. The van der Waals surface area contributed by atoms with Gasteiger partial charge in [0.2, 0.25) is 0 Å². The Morgan fingerprint density at radius 2 is 1.93 bits per heavy atom. The molecule has 8 rings (SSSR count). The predicted octanol–water partition coefficient (Wildman–Crippen LogP) is 6.56. The van der Waals surface area contributed by atoms with Gasteiger partial charge in [0.15, 0.2) is 0 Å². The highest BCUT2D eigenvalue weighted by molar-refractivity contribution is 6.31. The molecule has 210 valence electrons. The van der Waals surface area contributed by atoms with Crippen LogP contribution in [0.1, 0.15) is 65.9 Å². The molecule has 2 aliphatic carbocycles. The van der Waals surface area contributed by atoms with E-state index in [0.717, 1.165) is 48.4 Å². The normalized spacial score (nSPS) is 22.1. The van der Waals surface area contributed by atoms with Gasteiger partial charge in [-0.3, -0.25) is 14.4 Å². The number of fused-ring (bicyclic) bond motifs is 4. The van der Waals surface area contributed by atoms with Crippen LogP contribution in [-0.2, 0) is 12.8 Å². The third-order valence-corrected chi connectivity index (χ3v) is 9.15. The van der Waals surface area contributed by atoms with Crippen LogP contribution in [0.15, 0.2) is 82.4 Å². The molecule has 0 saturated heterocycles. The summed E-state index contributed by atoms with van der Waals surface area (Å²) in [5, 5.41) is 7.88. The molecule has 2 aromatic heterocycles. The smallest absolute Gasteiger partial charge is 0.283 e. The topological polar surface area (TPSA) is 78.0 Å². The van der Waals surface area contributed by atoms with Gasteiger partial charge in [-0.15, -0.1) is 5.10 Å². The van der Waals surface area contributed by atoms with Crippen LogP contribution in [0.4, 0.5) is 8.78 Å². The molecule has 10 heteroatoms. The van der Waals surface area contributed by atoms with Gasteiger partial charge in [-0.2, -0.15) is 0 Å². The summed E-state index contributed by atoms with van der Waals surface area (Å²) in [6.45, 7) is 4.15. The minimum Gasteiger partial charge on any atom is -0.289 e. The average Bonchev–Trinajstić information content (AvgIpc) is 3.30. The van der Waals surface area contributed by atoms with Crippen LogP contribution in [0.3, 0.4) is 0 Å². The first-order valence-electron chi connectivity index (χ1n) is 14.0. The first-order chi connectivity index (χ1) is 20.3. The molecule has 3 unspecified atom stereocenters. The van der Waals surface area contributed by atoms with E-state index in [1.54, 1.807) is 18.2 Å². The van der Waals surface area contributed by atoms with E-state index in [1.165, 1.54) is 33.6 Å². The van der Waals surface area contributed by atoms with Crippen LogP contribution in [0.5, 0.6) is 0 Å². The van der Waals surface area contributed by atoms with E-state index in [2.05, 4.69) is 35.1 Å². The van der Waals surface area contributed by atoms with E-state index >= 15 is 0 Å². The number of aliphatic imine (C=N–C) groups is 1. The molecule has 1 saturated carbocycles. The van der Waals surface area contributed by atoms with Gasteiger partial charge in [0.25, 0.3) is 12.0 Å². The Balaban J connectivity index is 1.11. The number of alkyl halides is 2. The van der Waals surface area contributed by atoms with Crippen LogP contribution in [0.2, 0.25) is 5.02 Å². The summed E-state index contributed by atoms with van der Waals surface area (Å²) in [5.41, 5.74) is 8.11. The van der Waals surface area contributed by atoms with Crippen LogP contribution >= 0.6 is 11.6 Å². The van der Waals surface area contributed by atoms with Crippen molar-refractivity contribution in [2.75, 3.05) is 0 Å². The quantitative estimate of drug-likeness (QED) is 0.250. The standard InChI is InChI=1S/C32H25ClF2N6O/c1-16-2-3-18-9-19(5-4-17(18)8-16)25-10-20(14-36-25)30-22-12-23(22)32-37-26(13-29(42)41(30)32)24-11-21(33)6-7-28(24)40-15-27(31(34)35)38-39-40/h4-7,9,11,13-15,22-23,30-31H,1-3,8,10,12H2. The molecule has 4 aliphatic rings. The molecule has 2 aliphatic heterocycles. The summed E-state index contributed by atoms with van der Waals surface area (Å²) < 4.78 is 29.5. The fourth-order valence-corrected chi connectivity index (χ4v) is 6.94. The van der Waals surface area contributed by atoms with Crippen LogP contribution in [-0.4, -0.2) is 30.3 Å². The monoisotopic (exact) mass is 582 g/mol. The van der Waals surface area contributed by atoms with Gasteiger partial charge < -0.3 is 0 Å². The summed E-state index contributed by atoms with van der Waals surface area (Å²) in [7, 11) is 0. The van der Waals surface area contributed by atoms with Gasteiger partial charge in [0.1, 0.15) is 11.5 Å². The van der Waals surface area contributed by atoms with Crippen LogP contribution in [0, 0.1) is 5.92 Å². The van der Waals surface area contributed by atoms with E-state index in [-0.39, 0.29) is 17.5 Å². The number of benzene rings is 2. The third-order valence-electron chi connectivity index (χ3n) is 8.92. The van der Waals surface area contributed by atoms with Gasteiger partial charge in [0, 0.05) is 35.2 Å². The maximum atomic E-state index is 13.7. The van der Waals surface area contributed by atoms with E-state index in [0.29, 0.717) is 34.3 Å². The summed E-state index contributed by atoms with van der Waals surface area (Å²) in [4.78, 5) is 23.4. The summed E-state index contributed by atoms with van der Waals surface area (Å²) in [6.07, 6.45) is 5.00. The van der Waals surface area contributed by atoms with Crippen molar-refractivity contribution < 1.29 is 8.78 Å². The molecule has 1 fully saturated rings. The second kappa shape index (κ2) is 9.39. The lowest BCUT2D eigenvalue weighted by Gasteiger charge is -2.20. The zero-order valence-electron chi connectivity index (χ0n) is 22.5. The Kier molecular flexibility index (Phi) is 5.69. The highest BCUT2D eigenvalue weighted by Gasteiger charge is 2.55. The van der Waals surface area contributed by atoms with Crippen molar-refractivity contribution in [1.29, 1.82) is 0 Å². The number of allylic oxidation sites excluding steroid dienone is 2. The number of hydrogen-bond acceptors (Lipinski definition) is 5. The van der Waals surface area contributed by atoms with Crippen LogP contribution in [0.25, 0.3) is 16.9 Å². The van der Waals surface area contributed by atoms with Crippen molar-refractivity contribution in [1.82, 2.24) is 24.5 Å². The number of nitrogens with zero attached hydrogens (tertiary/aromatic N) is 6. The number of aromatic nitrogens is 5. The minimum atomic E-state index is -2.75. The maximum Gasteiger partial charge on any atom is 0.283 e. The van der Waals surface area contributed by atoms with Crippen molar-refractivity contribution in [3.63, 3.8) is 0 Å². The fourth-order valence-electron chi connectivity index (χ4n) is 6.77. The van der Waals surface area contributed by atoms with Gasteiger partial charge in [-0.25, -0.2) is 18.4 Å². The molecular weight excluding hydrogens is 558 g/mol. The largest absolute Gasteiger partial charge is 0.289 e. The second-order valence-corrected chi connectivity index (χ2v) is 12.0. The van der Waals surface area contributed by atoms with Crippen molar-refractivity contribution in [3.8, 4) is 16.9 Å². The predicted molar refractivity (Wildman–Crippen MR) is 156 cm³/mol. The van der Waals surface area contributed by atoms with Gasteiger partial charge >= 0.3 is 0 Å². The molecule has 42 heavy (non-hydrogen) atoms. The SMILES string of the molecule is C=C1CCc2cc(C3=NC=C(C4C5CC5c5nc(-c6cc(Cl)ccc6-n6cc(C(F)F)nn6)cc(=O)n54)C3)ccc2C1. The Morgan fingerprint density at radius 3 is 2.76 bits per heavy atom. The number of rotatable bonds is 5. The lowest BCUT2D eigenvalue weighted by molar-refractivity contribution is 0.146. The highest BCUT2D eigenvalue weighted by atomic mass is 35.5. The zero-order chi connectivity index (χ0) is 28.7. The zero-order valence-corrected chi connectivity index (χ0v) is 23.2. The number of hydrogen-bond donors (Lipinski definition) is 0. The first-order valence-corrected chi connectivity index (χ1v) is 14.4. The average molecular weight is 583 g/mol. The van der Waals surface area contributed by atoms with Crippen molar-refractivity contribution in [2.45, 2.75) is 50.5 Å². The van der Waals surface area contributed by atoms with Crippen molar-refractivity contribution in [3.05, 3.63) is 116 Å². The van der Waals surface area contributed by atoms with Gasteiger partial charge in [-0.05, 0) is 78.1 Å². The molecule has 4 heterocycles. The van der Waals surface area contributed by atoms with Crippen molar-refractivity contribution in [2.24, 2.45) is 10.9 Å². The van der Waals surface area contributed by atoms with E-state index in [9.17, 15) is 13.6 Å². The molecule has 0 amide bonds. The lowest BCUT2D eigenvalue weighted by Crippen LogP contribution is -2.27. The van der Waals surface area contributed by atoms with E-state index in [4.69, 9.17) is 21.6 Å². The van der Waals surface area contributed by atoms with Gasteiger partial charge in [0.05, 0.1) is 29.3 Å². The Hall–Kier alpha value is -4.24. The highest BCUT2D eigenvalue weighted by Crippen LogP contribution is 2.61. The lowest BCUT2D eigenvalue weighted by atomic mass is 9.86. The molecule has 0 spiro atoms. The molecule has 4 aromatic rings. The summed E-state index contributed by atoms with van der Waals surface area (Å²) >= 11 is 6.32. The minimum absolute atomic E-state index is 0.0796. The molecular formula is C32H25ClF2N6O. The van der Waals surface area contributed by atoms with E-state index < -0.39 is 12.1 Å². The van der Waals surface area contributed by atoms with Crippen molar-refractivity contribution >= 4 is 17.3 Å². The molecule has 3 atom stereocenters. The third kappa shape index (κ3) is 4.09. The molecule has 0 radical (unpaired) electrons. The molecule has 7 nitrogen and oxygen atoms in total. The van der Waals surface area contributed by atoms with Crippen LogP contribution < -0.4 is 5.56 Å². The van der Waals surface area contributed by atoms with E-state index in [1.807, 2.05) is 10.8 Å². The number of aryl methyl sites for hydroxylation is 1. The number of halogens is 3. The Bertz CT molecular complexity index is 1940. The molecule has 0 bridgehead atoms. The summed E-state index contributed by atoms with van der Waals surface area (Å²) in [5.74, 6) is 1.23. The Morgan fingerprint density at radius 1 is 1.05 bits per heavy atom. The Labute approximate surface area is 244 Å². The second-order valence-electron chi connectivity index (χ2n) is 11.6. The molecule has 0 N–H and O–H groups in total. The molecule has 2 aromatic carbocycles. The van der Waals surface area contributed by atoms with Gasteiger partial charge in [-0.1, -0.05) is 41.1 Å². The first kappa shape index (κ1) is 25.5. The fraction of sp³-hybridized carbons (Fsp3) is 0.281.